The summed E-state index contributed by atoms with van der Waals surface area (Å²) >= 11 is 0. The smallest absolute Gasteiger partial charge is 0.326 e. The van der Waals surface area contributed by atoms with E-state index in [9.17, 15) is 22.0 Å². The van der Waals surface area contributed by atoms with Gasteiger partial charge in [0.05, 0.1) is 22.7 Å². The van der Waals surface area contributed by atoms with E-state index in [2.05, 4.69) is 4.98 Å². The maximum absolute atomic E-state index is 13.3. The largest absolute Gasteiger partial charge is 0.461 e. The van der Waals surface area contributed by atoms with Gasteiger partial charge >= 0.3 is 12.1 Å². The molecule has 0 bridgehead atoms. The monoisotopic (exact) mass is 275 g/mol. The van der Waals surface area contributed by atoms with Gasteiger partial charge in [-0.25, -0.2) is 4.98 Å². The SMILES string of the molecule is Cn1c(C(F)(F)C(F)(F)F)nc2ccc(C#N)cc21. The molecule has 1 aromatic carbocycles. The van der Waals surface area contributed by atoms with Crippen LogP contribution in [0.1, 0.15) is 11.4 Å². The van der Waals surface area contributed by atoms with E-state index in [0.29, 0.717) is 4.57 Å². The van der Waals surface area contributed by atoms with Gasteiger partial charge in [0.15, 0.2) is 5.82 Å². The first-order chi connectivity index (χ1) is 8.68. The maximum atomic E-state index is 13.3. The van der Waals surface area contributed by atoms with Crippen molar-refractivity contribution in [1.82, 2.24) is 9.55 Å². The molecule has 19 heavy (non-hydrogen) atoms. The number of hydrogen-bond donors (Lipinski definition) is 0. The number of fused-ring (bicyclic) bond motifs is 1. The molecule has 2 rings (SSSR count). The van der Waals surface area contributed by atoms with Crippen LogP contribution in [0.3, 0.4) is 0 Å². The molecule has 0 atom stereocenters. The van der Waals surface area contributed by atoms with Gasteiger partial charge in [-0.05, 0) is 18.2 Å². The highest BCUT2D eigenvalue weighted by Crippen LogP contribution is 2.43. The summed E-state index contributed by atoms with van der Waals surface area (Å²) in [5, 5.41) is 8.68. The van der Waals surface area contributed by atoms with Gasteiger partial charge < -0.3 is 4.57 Å². The van der Waals surface area contributed by atoms with E-state index in [0.717, 1.165) is 7.05 Å². The fourth-order valence-electron chi connectivity index (χ4n) is 1.67. The number of halogens is 5. The van der Waals surface area contributed by atoms with Crippen LogP contribution in [0.15, 0.2) is 18.2 Å². The van der Waals surface area contributed by atoms with Crippen molar-refractivity contribution < 1.29 is 22.0 Å². The quantitative estimate of drug-likeness (QED) is 0.750. The highest BCUT2D eigenvalue weighted by Gasteiger charge is 2.61. The molecule has 0 N–H and O–H groups in total. The lowest BCUT2D eigenvalue weighted by molar-refractivity contribution is -0.293. The fourth-order valence-corrected chi connectivity index (χ4v) is 1.67. The zero-order valence-electron chi connectivity index (χ0n) is 9.46. The Kier molecular flexibility index (Phi) is 2.73. The summed E-state index contributed by atoms with van der Waals surface area (Å²) in [6.07, 6.45) is -5.72. The van der Waals surface area contributed by atoms with Gasteiger partial charge in [0.1, 0.15) is 0 Å². The molecule has 0 saturated heterocycles. The summed E-state index contributed by atoms with van der Waals surface area (Å²) in [6, 6.07) is 5.50. The number of alkyl halides is 5. The molecule has 0 saturated carbocycles. The van der Waals surface area contributed by atoms with Gasteiger partial charge in [0.2, 0.25) is 0 Å². The average molecular weight is 275 g/mol. The van der Waals surface area contributed by atoms with Gasteiger partial charge in [-0.3, -0.25) is 0 Å². The molecule has 100 valence electrons. The molecule has 0 aliphatic carbocycles. The summed E-state index contributed by atoms with van der Waals surface area (Å²) in [7, 11) is 1.05. The van der Waals surface area contributed by atoms with Crippen LogP contribution in [-0.4, -0.2) is 15.7 Å². The van der Waals surface area contributed by atoms with Crippen LogP contribution in [0.4, 0.5) is 22.0 Å². The van der Waals surface area contributed by atoms with Crippen molar-refractivity contribution in [3.05, 3.63) is 29.6 Å². The summed E-state index contributed by atoms with van der Waals surface area (Å²) in [4.78, 5) is 3.31. The zero-order chi connectivity index (χ0) is 14.4. The van der Waals surface area contributed by atoms with Crippen molar-refractivity contribution in [3.63, 3.8) is 0 Å². The number of benzene rings is 1. The Morgan fingerprint density at radius 3 is 2.37 bits per heavy atom. The lowest BCUT2D eigenvalue weighted by atomic mass is 10.2. The van der Waals surface area contributed by atoms with Crippen LogP contribution in [0, 0.1) is 11.3 Å². The van der Waals surface area contributed by atoms with E-state index in [1.807, 2.05) is 0 Å². The van der Waals surface area contributed by atoms with Crippen molar-refractivity contribution in [2.45, 2.75) is 12.1 Å². The minimum atomic E-state index is -5.72. The second-order valence-electron chi connectivity index (χ2n) is 3.88. The lowest BCUT2D eigenvalue weighted by Crippen LogP contribution is -2.36. The molecule has 0 aliphatic rings. The predicted molar refractivity (Wildman–Crippen MR) is 55.4 cm³/mol. The number of rotatable bonds is 1. The van der Waals surface area contributed by atoms with Crippen LogP contribution in [-0.2, 0) is 13.0 Å². The number of imidazole rings is 1. The van der Waals surface area contributed by atoms with Gasteiger partial charge in [-0.2, -0.15) is 27.2 Å². The lowest BCUT2D eigenvalue weighted by Gasteiger charge is -2.18. The predicted octanol–water partition coefficient (Wildman–Crippen LogP) is 3.10. The Hall–Kier alpha value is -2.17. The van der Waals surface area contributed by atoms with Gasteiger partial charge in [0, 0.05) is 7.05 Å². The number of aryl methyl sites for hydroxylation is 1. The molecule has 0 spiro atoms. The van der Waals surface area contributed by atoms with Crippen LogP contribution in [0.5, 0.6) is 0 Å². The van der Waals surface area contributed by atoms with E-state index >= 15 is 0 Å². The zero-order valence-corrected chi connectivity index (χ0v) is 9.46. The number of nitriles is 1. The van der Waals surface area contributed by atoms with Crippen LogP contribution in [0.2, 0.25) is 0 Å². The minimum Gasteiger partial charge on any atom is -0.326 e. The van der Waals surface area contributed by atoms with E-state index < -0.39 is 17.9 Å². The molecule has 0 radical (unpaired) electrons. The highest BCUT2D eigenvalue weighted by atomic mass is 19.4. The normalized spacial score (nSPS) is 12.7. The Morgan fingerprint density at radius 1 is 1.21 bits per heavy atom. The molecule has 0 amide bonds. The second-order valence-corrected chi connectivity index (χ2v) is 3.88. The Labute approximate surface area is 103 Å². The minimum absolute atomic E-state index is 0.0274. The highest BCUT2D eigenvalue weighted by molar-refractivity contribution is 5.77. The molecule has 0 fully saturated rings. The van der Waals surface area contributed by atoms with Crippen molar-refractivity contribution in [2.24, 2.45) is 7.05 Å². The Bertz CT molecular complexity index is 678. The van der Waals surface area contributed by atoms with Crippen molar-refractivity contribution >= 4 is 11.0 Å². The number of aromatic nitrogens is 2. The average Bonchev–Trinajstić information content (AvgIpc) is 2.65. The maximum Gasteiger partial charge on any atom is 0.461 e. The first-order valence-electron chi connectivity index (χ1n) is 5.00. The standard InChI is InChI=1S/C11H6F5N3/c1-19-8-4-6(5-17)2-3-7(8)18-9(19)10(12,13)11(14,15)16/h2-4H,1H3. The second kappa shape index (κ2) is 3.91. The van der Waals surface area contributed by atoms with E-state index in [1.54, 1.807) is 6.07 Å². The molecular formula is C11H6F5N3. The van der Waals surface area contributed by atoms with Gasteiger partial charge in [-0.1, -0.05) is 0 Å². The summed E-state index contributed by atoms with van der Waals surface area (Å²) in [6.45, 7) is 0. The molecular weight excluding hydrogens is 269 g/mol. The van der Waals surface area contributed by atoms with Crippen molar-refractivity contribution in [3.8, 4) is 6.07 Å². The Morgan fingerprint density at radius 2 is 1.84 bits per heavy atom. The van der Waals surface area contributed by atoms with Crippen molar-refractivity contribution in [1.29, 1.82) is 5.26 Å². The number of nitrogens with zero attached hydrogens (tertiary/aromatic N) is 3. The molecule has 0 unspecified atom stereocenters. The van der Waals surface area contributed by atoms with Crippen LogP contribution >= 0.6 is 0 Å². The third-order valence-corrected chi connectivity index (χ3v) is 2.65. The molecule has 2 aromatic rings. The van der Waals surface area contributed by atoms with Gasteiger partial charge in [-0.15, -0.1) is 0 Å². The number of hydrogen-bond acceptors (Lipinski definition) is 2. The van der Waals surface area contributed by atoms with Crippen LogP contribution in [0.25, 0.3) is 11.0 Å². The Balaban J connectivity index is 2.71. The molecule has 0 aliphatic heterocycles. The summed E-state index contributed by atoms with van der Waals surface area (Å²) in [5.41, 5.74) is 0.163. The molecule has 8 heteroatoms. The summed E-state index contributed by atoms with van der Waals surface area (Å²) < 4.78 is 64.1. The molecule has 1 aromatic heterocycles. The van der Waals surface area contributed by atoms with Crippen LogP contribution < -0.4 is 0 Å². The third kappa shape index (κ3) is 1.91. The first kappa shape index (κ1) is 13.3. The molecule has 1 heterocycles. The summed E-state index contributed by atoms with van der Waals surface area (Å²) in [5.74, 6) is -6.45. The van der Waals surface area contributed by atoms with E-state index in [4.69, 9.17) is 5.26 Å². The van der Waals surface area contributed by atoms with E-state index in [1.165, 1.54) is 18.2 Å². The first-order valence-corrected chi connectivity index (χ1v) is 5.00. The topological polar surface area (TPSA) is 41.6 Å². The van der Waals surface area contributed by atoms with Gasteiger partial charge in [0.25, 0.3) is 0 Å². The van der Waals surface area contributed by atoms with Crippen molar-refractivity contribution in [2.75, 3.05) is 0 Å². The fraction of sp³-hybridized carbons (Fsp3) is 0.273. The van der Waals surface area contributed by atoms with E-state index in [-0.39, 0.29) is 16.6 Å². The molecule has 3 nitrogen and oxygen atoms in total. The third-order valence-electron chi connectivity index (χ3n) is 2.65.